The van der Waals surface area contributed by atoms with E-state index in [9.17, 15) is 4.39 Å². The van der Waals surface area contributed by atoms with Crippen molar-refractivity contribution in [2.75, 3.05) is 0 Å². The first-order valence-corrected chi connectivity index (χ1v) is 7.54. The van der Waals surface area contributed by atoms with Gasteiger partial charge in [-0.15, -0.1) is 0 Å². The fraction of sp³-hybridized carbons (Fsp3) is 0.111. The zero-order valence-electron chi connectivity index (χ0n) is 12.4. The molecule has 5 aromatic rings. The molecule has 0 aliphatic heterocycles. The molecule has 0 saturated carbocycles. The molecule has 4 nitrogen and oxygen atoms in total. The minimum atomic E-state index is -0.252. The van der Waals surface area contributed by atoms with Gasteiger partial charge >= 0.3 is 0 Å². The maximum atomic E-state index is 14.5. The molecule has 0 aliphatic carbocycles. The maximum Gasteiger partial charge on any atom is 0.253 e. The number of benzene rings is 2. The van der Waals surface area contributed by atoms with Crippen molar-refractivity contribution in [1.29, 1.82) is 0 Å². The van der Waals surface area contributed by atoms with E-state index in [0.29, 0.717) is 29.1 Å². The summed E-state index contributed by atoms with van der Waals surface area (Å²) in [5.41, 5.74) is 2.60. The van der Waals surface area contributed by atoms with E-state index < -0.39 is 0 Å². The van der Waals surface area contributed by atoms with Crippen LogP contribution in [0.3, 0.4) is 0 Å². The Morgan fingerprint density at radius 3 is 2.70 bits per heavy atom. The second-order valence-electron chi connectivity index (χ2n) is 5.54. The number of aromatic nitrogens is 3. The molecular weight excluding hydrogens is 293 g/mol. The van der Waals surface area contributed by atoms with Gasteiger partial charge in [0.05, 0.1) is 5.52 Å². The van der Waals surface area contributed by atoms with Gasteiger partial charge in [0.1, 0.15) is 5.82 Å². The summed E-state index contributed by atoms with van der Waals surface area (Å²) in [7, 11) is 0. The van der Waals surface area contributed by atoms with E-state index in [0.717, 1.165) is 21.9 Å². The molecule has 0 radical (unpaired) electrons. The standard InChI is InChI=1S/C18H12FN3O/c1-2-14-20-16-18(23-14)22-13-9-5-8-12(19)15(13)10-6-3-4-7-11(10)17(22)21-16/h3-9H,2H2,1H3. The van der Waals surface area contributed by atoms with Crippen molar-refractivity contribution >= 4 is 38.7 Å². The molecule has 0 fully saturated rings. The minimum Gasteiger partial charge on any atom is -0.422 e. The first-order valence-electron chi connectivity index (χ1n) is 7.54. The summed E-state index contributed by atoms with van der Waals surface area (Å²) in [6.07, 6.45) is 0.693. The van der Waals surface area contributed by atoms with Gasteiger partial charge in [-0.05, 0) is 17.5 Å². The molecule has 0 saturated heterocycles. The number of oxazole rings is 1. The Labute approximate surface area is 130 Å². The van der Waals surface area contributed by atoms with Crippen molar-refractivity contribution in [2.45, 2.75) is 13.3 Å². The van der Waals surface area contributed by atoms with E-state index in [4.69, 9.17) is 4.42 Å². The Bertz CT molecular complexity index is 1220. The Hall–Kier alpha value is -2.95. The van der Waals surface area contributed by atoms with Crippen LogP contribution in [-0.4, -0.2) is 14.4 Å². The lowest BCUT2D eigenvalue weighted by Crippen LogP contribution is -1.93. The van der Waals surface area contributed by atoms with Crippen molar-refractivity contribution in [2.24, 2.45) is 0 Å². The van der Waals surface area contributed by atoms with Crippen molar-refractivity contribution < 1.29 is 8.81 Å². The second-order valence-corrected chi connectivity index (χ2v) is 5.54. The monoisotopic (exact) mass is 305 g/mol. The Balaban J connectivity index is 2.16. The molecule has 3 aromatic heterocycles. The van der Waals surface area contributed by atoms with Crippen molar-refractivity contribution in [3.8, 4) is 0 Å². The van der Waals surface area contributed by atoms with Crippen LogP contribution in [-0.2, 0) is 6.42 Å². The smallest absolute Gasteiger partial charge is 0.253 e. The van der Waals surface area contributed by atoms with Crippen LogP contribution >= 0.6 is 0 Å². The zero-order chi connectivity index (χ0) is 15.6. The van der Waals surface area contributed by atoms with Gasteiger partial charge in [0.15, 0.2) is 11.5 Å². The quantitative estimate of drug-likeness (QED) is 0.429. The first-order chi connectivity index (χ1) is 11.3. The van der Waals surface area contributed by atoms with Gasteiger partial charge in [-0.3, -0.25) is 4.40 Å². The Morgan fingerprint density at radius 2 is 1.87 bits per heavy atom. The first kappa shape index (κ1) is 12.6. The van der Waals surface area contributed by atoms with Crippen LogP contribution in [0.15, 0.2) is 46.9 Å². The highest BCUT2D eigenvalue weighted by atomic mass is 19.1. The fourth-order valence-corrected chi connectivity index (χ4v) is 3.23. The summed E-state index contributed by atoms with van der Waals surface area (Å²) in [6.45, 7) is 1.98. The zero-order valence-corrected chi connectivity index (χ0v) is 12.4. The molecule has 0 N–H and O–H groups in total. The largest absolute Gasteiger partial charge is 0.422 e. The lowest BCUT2D eigenvalue weighted by atomic mass is 10.1. The molecule has 0 bridgehead atoms. The van der Waals surface area contributed by atoms with E-state index in [1.54, 1.807) is 6.07 Å². The molecule has 0 unspecified atom stereocenters. The van der Waals surface area contributed by atoms with Gasteiger partial charge in [0.25, 0.3) is 5.71 Å². The lowest BCUT2D eigenvalue weighted by molar-refractivity contribution is 0.527. The predicted molar refractivity (Wildman–Crippen MR) is 87.1 cm³/mol. The molecule has 0 spiro atoms. The van der Waals surface area contributed by atoms with Crippen molar-refractivity contribution in [1.82, 2.24) is 14.4 Å². The van der Waals surface area contributed by atoms with Crippen LogP contribution in [0.25, 0.3) is 38.7 Å². The molecule has 5 rings (SSSR count). The highest BCUT2D eigenvalue weighted by Gasteiger charge is 2.19. The van der Waals surface area contributed by atoms with Crippen LogP contribution < -0.4 is 0 Å². The number of fused-ring (bicyclic) bond motifs is 8. The third-order valence-electron chi connectivity index (χ3n) is 4.24. The van der Waals surface area contributed by atoms with Crippen molar-refractivity contribution in [3.63, 3.8) is 0 Å². The third kappa shape index (κ3) is 1.54. The summed E-state index contributed by atoms with van der Waals surface area (Å²) in [4.78, 5) is 9.04. The number of imidazole rings is 1. The number of hydrogen-bond donors (Lipinski definition) is 0. The molecule has 5 heteroatoms. The summed E-state index contributed by atoms with van der Waals surface area (Å²) in [5, 5.41) is 2.30. The predicted octanol–water partition coefficient (Wildman–Crippen LogP) is 4.48. The van der Waals surface area contributed by atoms with Gasteiger partial charge in [-0.1, -0.05) is 37.3 Å². The second kappa shape index (κ2) is 4.29. The molecule has 0 amide bonds. The van der Waals surface area contributed by atoms with Crippen LogP contribution in [0.5, 0.6) is 0 Å². The van der Waals surface area contributed by atoms with Crippen LogP contribution in [0.2, 0.25) is 0 Å². The number of rotatable bonds is 1. The van der Waals surface area contributed by atoms with E-state index in [1.807, 2.05) is 41.7 Å². The van der Waals surface area contributed by atoms with Crippen LogP contribution in [0.1, 0.15) is 12.8 Å². The molecule has 0 aliphatic rings. The van der Waals surface area contributed by atoms with Gasteiger partial charge in [0, 0.05) is 17.2 Å². The highest BCUT2D eigenvalue weighted by Crippen LogP contribution is 2.33. The van der Waals surface area contributed by atoms with Gasteiger partial charge in [-0.25, -0.2) is 9.37 Å². The average molecular weight is 305 g/mol. The number of pyridine rings is 1. The highest BCUT2D eigenvalue weighted by molar-refractivity contribution is 6.13. The fourth-order valence-electron chi connectivity index (χ4n) is 3.23. The summed E-state index contributed by atoms with van der Waals surface area (Å²) < 4.78 is 22.2. The van der Waals surface area contributed by atoms with E-state index in [-0.39, 0.29) is 5.82 Å². The van der Waals surface area contributed by atoms with Crippen LogP contribution in [0.4, 0.5) is 4.39 Å². The Morgan fingerprint density at radius 1 is 1.04 bits per heavy atom. The number of halogens is 1. The lowest BCUT2D eigenvalue weighted by Gasteiger charge is -2.08. The summed E-state index contributed by atoms with van der Waals surface area (Å²) in [6, 6.07) is 12.8. The molecule has 3 heterocycles. The molecule has 0 atom stereocenters. The molecule has 2 aromatic carbocycles. The Kier molecular flexibility index (Phi) is 2.34. The maximum absolute atomic E-state index is 14.5. The summed E-state index contributed by atoms with van der Waals surface area (Å²) >= 11 is 0. The van der Waals surface area contributed by atoms with E-state index in [2.05, 4.69) is 9.97 Å². The number of hydrogen-bond acceptors (Lipinski definition) is 3. The number of aryl methyl sites for hydroxylation is 1. The van der Waals surface area contributed by atoms with Crippen molar-refractivity contribution in [3.05, 3.63) is 54.2 Å². The minimum absolute atomic E-state index is 0.252. The molecular formula is C18H12FN3O. The van der Waals surface area contributed by atoms with Gasteiger partial charge in [-0.2, -0.15) is 4.98 Å². The molecule has 112 valence electrons. The van der Waals surface area contributed by atoms with E-state index in [1.165, 1.54) is 6.07 Å². The van der Waals surface area contributed by atoms with Crippen LogP contribution in [0, 0.1) is 5.82 Å². The summed E-state index contributed by atoms with van der Waals surface area (Å²) in [5.74, 6) is 0.382. The normalized spacial score (nSPS) is 12.1. The SMILES string of the molecule is CCc1nc2nc3c4ccccc4c4c(F)cccc4n3c2o1. The average Bonchev–Trinajstić information content (AvgIpc) is 3.12. The van der Waals surface area contributed by atoms with Gasteiger partial charge in [0.2, 0.25) is 5.65 Å². The molecule has 23 heavy (non-hydrogen) atoms. The van der Waals surface area contributed by atoms with Gasteiger partial charge < -0.3 is 4.42 Å². The van der Waals surface area contributed by atoms with E-state index >= 15 is 0 Å². The third-order valence-corrected chi connectivity index (χ3v) is 4.24. The number of nitrogens with zero attached hydrogens (tertiary/aromatic N) is 3. The topological polar surface area (TPSA) is 43.3 Å².